The molecule has 2 aromatic rings. The smallest absolute Gasteiger partial charge is 0.321 e. The van der Waals surface area contributed by atoms with Crippen LogP contribution in [0.4, 0.5) is 10.7 Å². The van der Waals surface area contributed by atoms with E-state index in [-0.39, 0.29) is 11.7 Å². The van der Waals surface area contributed by atoms with Gasteiger partial charge in [0.05, 0.1) is 5.75 Å². The molecule has 9 heteroatoms. The van der Waals surface area contributed by atoms with Crippen LogP contribution < -0.4 is 15.5 Å². The lowest BCUT2D eigenvalue weighted by atomic mass is 10.2. The van der Waals surface area contributed by atoms with Crippen molar-refractivity contribution in [3.63, 3.8) is 0 Å². The van der Waals surface area contributed by atoms with E-state index < -0.39 is 6.03 Å². The van der Waals surface area contributed by atoms with Crippen LogP contribution in [0.1, 0.15) is 37.3 Å². The van der Waals surface area contributed by atoms with Crippen LogP contribution in [0.2, 0.25) is 0 Å². The van der Waals surface area contributed by atoms with E-state index in [0.717, 1.165) is 42.6 Å². The van der Waals surface area contributed by atoms with Gasteiger partial charge < -0.3 is 10.2 Å². The SMILES string of the molecule is O=C(CSc1nnc(N2CCCC2)n1C1CC1)NC(=O)NCc1ccccc1. The van der Waals surface area contributed by atoms with Gasteiger partial charge in [-0.2, -0.15) is 0 Å². The minimum absolute atomic E-state index is 0.129. The van der Waals surface area contributed by atoms with Crippen molar-refractivity contribution in [1.82, 2.24) is 25.4 Å². The minimum atomic E-state index is -0.490. The molecule has 1 aliphatic carbocycles. The molecule has 4 rings (SSSR count). The first-order valence-electron chi connectivity index (χ1n) is 9.65. The summed E-state index contributed by atoms with van der Waals surface area (Å²) in [6.07, 6.45) is 4.61. The van der Waals surface area contributed by atoms with Crippen molar-refractivity contribution in [3.8, 4) is 0 Å². The van der Waals surface area contributed by atoms with Crippen LogP contribution in [-0.2, 0) is 11.3 Å². The first kappa shape index (κ1) is 18.8. The molecule has 1 saturated carbocycles. The zero-order valence-corrected chi connectivity index (χ0v) is 16.5. The van der Waals surface area contributed by atoms with Crippen LogP contribution in [0.25, 0.3) is 0 Å². The van der Waals surface area contributed by atoms with Crippen molar-refractivity contribution in [2.24, 2.45) is 0 Å². The molecule has 0 spiro atoms. The van der Waals surface area contributed by atoms with Gasteiger partial charge in [-0.05, 0) is 31.2 Å². The number of urea groups is 1. The molecule has 1 aromatic heterocycles. The fraction of sp³-hybridized carbons (Fsp3) is 0.474. The maximum absolute atomic E-state index is 12.1. The monoisotopic (exact) mass is 400 g/mol. The number of nitrogens with zero attached hydrogens (tertiary/aromatic N) is 4. The Morgan fingerprint density at radius 2 is 1.86 bits per heavy atom. The molecule has 0 radical (unpaired) electrons. The maximum Gasteiger partial charge on any atom is 0.321 e. The van der Waals surface area contributed by atoms with E-state index in [1.165, 1.54) is 24.6 Å². The van der Waals surface area contributed by atoms with Gasteiger partial charge in [0.1, 0.15) is 0 Å². The van der Waals surface area contributed by atoms with Gasteiger partial charge >= 0.3 is 6.03 Å². The molecule has 2 aliphatic rings. The Labute approximate surface area is 168 Å². The number of nitrogens with one attached hydrogen (secondary N) is 2. The average molecular weight is 401 g/mol. The van der Waals surface area contributed by atoms with E-state index in [1.807, 2.05) is 30.3 Å². The van der Waals surface area contributed by atoms with Gasteiger partial charge in [-0.15, -0.1) is 10.2 Å². The highest BCUT2D eigenvalue weighted by molar-refractivity contribution is 7.99. The van der Waals surface area contributed by atoms with Crippen LogP contribution in [0, 0.1) is 0 Å². The van der Waals surface area contributed by atoms with Gasteiger partial charge in [-0.1, -0.05) is 42.1 Å². The number of hydrogen-bond donors (Lipinski definition) is 2. The van der Waals surface area contributed by atoms with E-state index in [2.05, 4.69) is 30.3 Å². The third-order valence-corrected chi connectivity index (χ3v) is 5.77. The van der Waals surface area contributed by atoms with Gasteiger partial charge in [0.2, 0.25) is 11.9 Å². The summed E-state index contributed by atoms with van der Waals surface area (Å²) in [5.41, 5.74) is 0.978. The van der Waals surface area contributed by atoms with E-state index >= 15 is 0 Å². The number of rotatable bonds is 7. The van der Waals surface area contributed by atoms with Crippen LogP contribution in [0.15, 0.2) is 35.5 Å². The second-order valence-electron chi connectivity index (χ2n) is 7.08. The first-order valence-corrected chi connectivity index (χ1v) is 10.6. The molecule has 0 atom stereocenters. The summed E-state index contributed by atoms with van der Waals surface area (Å²) in [5.74, 6) is 0.705. The van der Waals surface area contributed by atoms with Crippen LogP contribution in [0.3, 0.4) is 0 Å². The van der Waals surface area contributed by atoms with Crippen molar-refractivity contribution in [2.75, 3.05) is 23.7 Å². The molecule has 1 aromatic carbocycles. The Morgan fingerprint density at radius 3 is 2.57 bits per heavy atom. The summed E-state index contributed by atoms with van der Waals surface area (Å²) in [4.78, 5) is 26.3. The Morgan fingerprint density at radius 1 is 1.11 bits per heavy atom. The summed E-state index contributed by atoms with van der Waals surface area (Å²) >= 11 is 1.33. The Kier molecular flexibility index (Phi) is 5.80. The van der Waals surface area contributed by atoms with Crippen molar-refractivity contribution in [3.05, 3.63) is 35.9 Å². The molecule has 0 bridgehead atoms. The molecule has 2 fully saturated rings. The number of hydrogen-bond acceptors (Lipinski definition) is 6. The van der Waals surface area contributed by atoms with Crippen LogP contribution in [0.5, 0.6) is 0 Å². The third kappa shape index (κ3) is 4.64. The highest BCUT2D eigenvalue weighted by Crippen LogP contribution is 2.41. The normalized spacial score (nSPS) is 16.2. The second-order valence-corrected chi connectivity index (χ2v) is 8.03. The number of imide groups is 1. The lowest BCUT2D eigenvalue weighted by Crippen LogP contribution is -2.40. The summed E-state index contributed by atoms with van der Waals surface area (Å²) in [6.45, 7) is 2.40. The number of anilines is 1. The Balaban J connectivity index is 1.28. The van der Waals surface area contributed by atoms with Crippen LogP contribution in [-0.4, -0.2) is 45.5 Å². The first-order chi connectivity index (χ1) is 13.7. The molecule has 28 heavy (non-hydrogen) atoms. The summed E-state index contributed by atoms with van der Waals surface area (Å²) in [5, 5.41) is 14.5. The third-order valence-electron chi connectivity index (χ3n) is 4.83. The lowest BCUT2D eigenvalue weighted by molar-refractivity contribution is -0.117. The van der Waals surface area contributed by atoms with Crippen LogP contribution >= 0.6 is 11.8 Å². The zero-order chi connectivity index (χ0) is 19.3. The molecule has 2 heterocycles. The zero-order valence-electron chi connectivity index (χ0n) is 15.6. The number of benzene rings is 1. The predicted molar refractivity (Wildman–Crippen MR) is 107 cm³/mol. The summed E-state index contributed by atoms with van der Waals surface area (Å²) in [7, 11) is 0. The van der Waals surface area contributed by atoms with Gasteiger partial charge in [0, 0.05) is 25.7 Å². The van der Waals surface area contributed by atoms with Crippen molar-refractivity contribution >= 4 is 29.6 Å². The number of amides is 3. The van der Waals surface area contributed by atoms with Crippen molar-refractivity contribution < 1.29 is 9.59 Å². The molecule has 2 N–H and O–H groups in total. The average Bonchev–Trinajstić information content (AvgIpc) is 3.23. The van der Waals surface area contributed by atoms with E-state index in [0.29, 0.717) is 12.6 Å². The van der Waals surface area contributed by atoms with Crippen molar-refractivity contribution in [2.45, 2.75) is 43.4 Å². The van der Waals surface area contributed by atoms with Gasteiger partial charge in [-0.3, -0.25) is 14.7 Å². The van der Waals surface area contributed by atoms with Gasteiger partial charge in [-0.25, -0.2) is 4.79 Å². The van der Waals surface area contributed by atoms with Crippen molar-refractivity contribution in [1.29, 1.82) is 0 Å². The molecule has 148 valence electrons. The standard InChI is InChI=1S/C19H24N6O2S/c26-16(21-17(27)20-12-14-6-2-1-3-7-14)13-28-19-23-22-18(24-10-4-5-11-24)25(19)15-8-9-15/h1-3,6-7,15H,4-5,8-13H2,(H2,20,21,26,27). The largest absolute Gasteiger partial charge is 0.341 e. The van der Waals surface area contributed by atoms with Gasteiger partial charge in [0.15, 0.2) is 5.16 Å². The molecule has 1 saturated heterocycles. The molecule has 3 amide bonds. The maximum atomic E-state index is 12.1. The molecule has 0 unspecified atom stereocenters. The highest BCUT2D eigenvalue weighted by Gasteiger charge is 2.32. The predicted octanol–water partition coefficient (Wildman–Crippen LogP) is 2.33. The van der Waals surface area contributed by atoms with E-state index in [9.17, 15) is 9.59 Å². The number of thioether (sulfide) groups is 1. The fourth-order valence-electron chi connectivity index (χ4n) is 3.27. The highest BCUT2D eigenvalue weighted by atomic mass is 32.2. The number of carbonyl (C=O) groups is 2. The molecular weight excluding hydrogens is 376 g/mol. The minimum Gasteiger partial charge on any atom is -0.341 e. The molecule has 1 aliphatic heterocycles. The summed E-state index contributed by atoms with van der Waals surface area (Å²) in [6, 6.07) is 9.51. The number of carbonyl (C=O) groups excluding carboxylic acids is 2. The number of aromatic nitrogens is 3. The molecule has 8 nitrogen and oxygen atoms in total. The van der Waals surface area contributed by atoms with E-state index in [1.54, 1.807) is 0 Å². The molecular formula is C19H24N6O2S. The van der Waals surface area contributed by atoms with E-state index in [4.69, 9.17) is 0 Å². The Hall–Kier alpha value is -2.55. The Bertz CT molecular complexity index is 830. The lowest BCUT2D eigenvalue weighted by Gasteiger charge is -2.17. The topological polar surface area (TPSA) is 92.2 Å². The second kappa shape index (κ2) is 8.64. The summed E-state index contributed by atoms with van der Waals surface area (Å²) < 4.78 is 2.17. The van der Waals surface area contributed by atoms with Gasteiger partial charge in [0.25, 0.3) is 0 Å². The quantitative estimate of drug-likeness (QED) is 0.693. The fourth-order valence-corrected chi connectivity index (χ4v) is 4.07.